The Labute approximate surface area is 145 Å². The van der Waals surface area contributed by atoms with Crippen molar-refractivity contribution >= 4 is 5.91 Å². The van der Waals surface area contributed by atoms with Gasteiger partial charge >= 0.3 is 51.4 Å². The summed E-state index contributed by atoms with van der Waals surface area (Å²) in [5, 5.41) is 0. The van der Waals surface area contributed by atoms with Crippen molar-refractivity contribution < 1.29 is 56.2 Å². The maximum absolute atomic E-state index is 11.4. The molecule has 1 aliphatic rings. The number of rotatable bonds is 3. The number of nitrogens with zero attached hydrogens (tertiary/aromatic N) is 2. The number of carbonyl (C=O) groups excluding carboxylic acids is 1. The van der Waals surface area contributed by atoms with Crippen LogP contribution in [0.1, 0.15) is 25.1 Å². The number of imidazole rings is 1. The number of aromatic nitrogens is 2. The van der Waals surface area contributed by atoms with Crippen molar-refractivity contribution in [2.75, 3.05) is 13.1 Å². The molecule has 1 aliphatic heterocycles. The molecule has 88 valence electrons. The van der Waals surface area contributed by atoms with E-state index >= 15 is 0 Å². The molecule has 0 bridgehead atoms. The van der Waals surface area contributed by atoms with Crippen LogP contribution >= 0.6 is 0 Å². The number of piperidine rings is 1. The van der Waals surface area contributed by atoms with Gasteiger partial charge in [-0.2, -0.15) is 0 Å². The van der Waals surface area contributed by atoms with Gasteiger partial charge in [0.2, 0.25) is 0 Å². The first-order chi connectivity index (χ1) is 7.79. The Morgan fingerprint density at radius 3 is 2.76 bits per heavy atom. The van der Waals surface area contributed by atoms with E-state index in [-0.39, 0.29) is 57.3 Å². The van der Waals surface area contributed by atoms with E-state index in [2.05, 4.69) is 16.9 Å². The van der Waals surface area contributed by atoms with Gasteiger partial charge in [-0.1, -0.05) is 0 Å². The van der Waals surface area contributed by atoms with Crippen molar-refractivity contribution in [2.45, 2.75) is 25.7 Å². The molecule has 1 aromatic heterocycles. The van der Waals surface area contributed by atoms with Crippen LogP contribution in [0.3, 0.4) is 0 Å². The third-order valence-corrected chi connectivity index (χ3v) is 3.22. The Morgan fingerprint density at radius 1 is 1.53 bits per heavy atom. The van der Waals surface area contributed by atoms with E-state index < -0.39 is 0 Å². The molecule has 4 nitrogen and oxygen atoms in total. The van der Waals surface area contributed by atoms with E-state index in [1.807, 2.05) is 11.1 Å². The molecule has 0 spiro atoms. The van der Waals surface area contributed by atoms with E-state index in [4.69, 9.17) is 0 Å². The molecule has 0 aromatic carbocycles. The maximum atomic E-state index is 11.4. The predicted octanol–water partition coefficient (Wildman–Crippen LogP) is -1.58. The topological polar surface area (TPSA) is 49.0 Å². The Hall–Kier alpha value is 0.316. The summed E-state index contributed by atoms with van der Waals surface area (Å²) in [5.74, 6) is 1.89. The summed E-state index contributed by atoms with van der Waals surface area (Å²) in [7, 11) is 0. The third-order valence-electron chi connectivity index (χ3n) is 3.22. The fourth-order valence-electron chi connectivity index (χ4n) is 2.23. The maximum Gasteiger partial charge on any atom is 1.00 e. The molecular formula is C12H18KN3O. The number of amides is 1. The molecule has 0 radical (unpaired) electrons. The second kappa shape index (κ2) is 7.69. The molecule has 17 heavy (non-hydrogen) atoms. The molecular weight excluding hydrogens is 241 g/mol. The van der Waals surface area contributed by atoms with E-state index in [0.29, 0.717) is 12.3 Å². The number of carbonyl (C=O) groups is 1. The Balaban J connectivity index is 0.00000144. The molecule has 1 aromatic rings. The second-order valence-corrected chi connectivity index (χ2v) is 4.31. The van der Waals surface area contributed by atoms with Crippen LogP contribution in [0.25, 0.3) is 0 Å². The fraction of sp³-hybridized carbons (Fsp3) is 0.583. The number of hydrogen-bond acceptors (Lipinski definition) is 2. The van der Waals surface area contributed by atoms with Crippen LogP contribution in [0.5, 0.6) is 0 Å². The molecule has 2 heterocycles. The average Bonchev–Trinajstić information content (AvgIpc) is 2.82. The number of likely N-dealkylation sites (tertiary alicyclic amines) is 1. The van der Waals surface area contributed by atoms with Gasteiger partial charge in [0.15, 0.2) is 5.91 Å². The largest absolute Gasteiger partial charge is 1.00 e. The van der Waals surface area contributed by atoms with Crippen molar-refractivity contribution in [3.8, 4) is 0 Å². The van der Waals surface area contributed by atoms with E-state index in [1.54, 1.807) is 6.20 Å². The van der Waals surface area contributed by atoms with Crippen molar-refractivity contribution in [3.05, 3.63) is 25.1 Å². The van der Waals surface area contributed by atoms with Crippen LogP contribution < -0.4 is 51.4 Å². The van der Waals surface area contributed by atoms with E-state index in [9.17, 15) is 4.79 Å². The van der Waals surface area contributed by atoms with Crippen LogP contribution in [-0.2, 0) is 11.2 Å². The fourth-order valence-corrected chi connectivity index (χ4v) is 2.23. The van der Waals surface area contributed by atoms with Gasteiger partial charge in [0, 0.05) is 31.9 Å². The van der Waals surface area contributed by atoms with Crippen LogP contribution in [-0.4, -0.2) is 33.9 Å². The zero-order valence-electron chi connectivity index (χ0n) is 10.5. The first-order valence-corrected chi connectivity index (χ1v) is 5.85. The molecule has 1 saturated heterocycles. The molecule has 0 atom stereocenters. The summed E-state index contributed by atoms with van der Waals surface area (Å²) in [6.45, 7) is 5.38. The minimum Gasteiger partial charge on any atom is -0.349 e. The first kappa shape index (κ1) is 15.4. The third kappa shape index (κ3) is 4.48. The van der Waals surface area contributed by atoms with Gasteiger partial charge in [0.25, 0.3) is 0 Å². The minimum atomic E-state index is 0. The molecule has 1 fully saturated rings. The van der Waals surface area contributed by atoms with Gasteiger partial charge in [0.1, 0.15) is 5.82 Å². The van der Waals surface area contributed by atoms with Gasteiger partial charge in [-0.15, -0.1) is 6.42 Å². The second-order valence-electron chi connectivity index (χ2n) is 4.31. The molecule has 1 N–H and O–H groups in total. The molecule has 0 saturated carbocycles. The summed E-state index contributed by atoms with van der Waals surface area (Å²) in [6.07, 6.45) is 7.18. The summed E-state index contributed by atoms with van der Waals surface area (Å²) in [6, 6.07) is 0. The Kier molecular flexibility index (Phi) is 6.95. The summed E-state index contributed by atoms with van der Waals surface area (Å²) < 4.78 is 0. The average molecular weight is 259 g/mol. The normalized spacial score (nSPS) is 16.6. The number of nitrogens with one attached hydrogen (secondary N) is 1. The van der Waals surface area contributed by atoms with Gasteiger partial charge in [-0.3, -0.25) is 4.79 Å². The predicted molar refractivity (Wildman–Crippen MR) is 61.6 cm³/mol. The van der Waals surface area contributed by atoms with E-state index in [1.165, 1.54) is 0 Å². The number of aromatic amines is 1. The Morgan fingerprint density at radius 2 is 2.24 bits per heavy atom. The molecule has 0 aliphatic carbocycles. The molecule has 5 heteroatoms. The van der Waals surface area contributed by atoms with Crippen LogP contribution in [0.2, 0.25) is 0 Å². The summed E-state index contributed by atoms with van der Waals surface area (Å²) in [4.78, 5) is 20.7. The standard InChI is InChI=1S/C12H18N3O.K/c1-2-12(16)15-7-3-10(4-8-15)9-11-13-5-6-14-11;/h5-6,10H,1-4,7-9H2,(H,13,14);/q-1;+1. The molecule has 0 unspecified atom stereocenters. The number of hydrogen-bond donors (Lipinski definition) is 1. The van der Waals surface area contributed by atoms with Crippen molar-refractivity contribution in [1.29, 1.82) is 0 Å². The van der Waals surface area contributed by atoms with Crippen LogP contribution in [0, 0.1) is 12.8 Å². The van der Waals surface area contributed by atoms with Crippen molar-refractivity contribution in [1.82, 2.24) is 14.9 Å². The Bertz CT molecular complexity index is 332. The van der Waals surface area contributed by atoms with Crippen molar-refractivity contribution in [3.63, 3.8) is 0 Å². The first-order valence-electron chi connectivity index (χ1n) is 5.85. The van der Waals surface area contributed by atoms with Gasteiger partial charge in [-0.25, -0.2) is 4.98 Å². The monoisotopic (exact) mass is 259 g/mol. The zero-order valence-corrected chi connectivity index (χ0v) is 13.6. The summed E-state index contributed by atoms with van der Waals surface area (Å²) >= 11 is 0. The quantitative estimate of drug-likeness (QED) is 0.526. The zero-order chi connectivity index (χ0) is 11.4. The van der Waals surface area contributed by atoms with Gasteiger partial charge < -0.3 is 16.8 Å². The van der Waals surface area contributed by atoms with Crippen LogP contribution in [0.15, 0.2) is 12.4 Å². The summed E-state index contributed by atoms with van der Waals surface area (Å²) in [5.41, 5.74) is 0. The van der Waals surface area contributed by atoms with Gasteiger partial charge in [0.05, 0.1) is 0 Å². The molecule has 1 amide bonds. The van der Waals surface area contributed by atoms with Gasteiger partial charge in [-0.05, 0) is 18.8 Å². The minimum absolute atomic E-state index is 0. The SMILES string of the molecule is [CH2-]CC(=O)N1CCC(Cc2ncc[nH]2)CC1.[K+]. The number of H-pyrrole nitrogens is 1. The van der Waals surface area contributed by atoms with Crippen molar-refractivity contribution in [2.24, 2.45) is 5.92 Å². The van der Waals surface area contributed by atoms with E-state index in [0.717, 1.165) is 38.2 Å². The van der Waals surface area contributed by atoms with Crippen LogP contribution in [0.4, 0.5) is 0 Å². The smallest absolute Gasteiger partial charge is 0.349 e. The molecule has 2 rings (SSSR count).